The molecule has 0 radical (unpaired) electrons. The van der Waals surface area contributed by atoms with Gasteiger partial charge in [-0.15, -0.1) is 0 Å². The first-order chi connectivity index (χ1) is 13.6. The number of furan rings is 1. The number of anilines is 2. The zero-order valence-electron chi connectivity index (χ0n) is 15.4. The Hall–Kier alpha value is -3.49. The van der Waals surface area contributed by atoms with Gasteiger partial charge in [0.1, 0.15) is 29.7 Å². The minimum Gasteiger partial charge on any atom is -0.463 e. The average molecular weight is 380 g/mol. The number of amides is 1. The fourth-order valence-corrected chi connectivity index (χ4v) is 3.13. The van der Waals surface area contributed by atoms with Crippen LogP contribution in [0.3, 0.4) is 0 Å². The predicted molar refractivity (Wildman–Crippen MR) is 103 cm³/mol. The Balaban J connectivity index is 1.53. The van der Waals surface area contributed by atoms with E-state index in [2.05, 4.69) is 25.3 Å². The molecule has 0 spiro atoms. The highest BCUT2D eigenvalue weighted by molar-refractivity contribution is 5.92. The summed E-state index contributed by atoms with van der Waals surface area (Å²) >= 11 is 0. The maximum Gasteiger partial charge on any atom is 0.267 e. The third-order valence-electron chi connectivity index (χ3n) is 4.68. The Kier molecular flexibility index (Phi) is 4.88. The fraction of sp³-hybridized carbons (Fsp3) is 0.316. The van der Waals surface area contributed by atoms with Crippen molar-refractivity contribution in [2.24, 2.45) is 0 Å². The van der Waals surface area contributed by atoms with Crippen LogP contribution in [0.25, 0.3) is 11.5 Å². The summed E-state index contributed by atoms with van der Waals surface area (Å²) < 4.78 is 6.45. The van der Waals surface area contributed by atoms with Crippen LogP contribution < -0.4 is 15.8 Å². The molecular formula is C19H20N6O3. The summed E-state index contributed by atoms with van der Waals surface area (Å²) in [5, 5.41) is 7.01. The van der Waals surface area contributed by atoms with Gasteiger partial charge in [-0.05, 0) is 38.0 Å². The second kappa shape index (κ2) is 7.63. The SMILES string of the molecule is CC(C(=O)Nc1cc(N2CCCC2)ncn1)n1nc(-c2ccco2)ccc1=O. The van der Waals surface area contributed by atoms with Gasteiger partial charge < -0.3 is 14.6 Å². The molecule has 0 bridgehead atoms. The van der Waals surface area contributed by atoms with Gasteiger partial charge in [0, 0.05) is 25.2 Å². The van der Waals surface area contributed by atoms with Crippen molar-refractivity contribution < 1.29 is 9.21 Å². The molecular weight excluding hydrogens is 360 g/mol. The van der Waals surface area contributed by atoms with E-state index in [1.807, 2.05) is 0 Å². The van der Waals surface area contributed by atoms with E-state index in [4.69, 9.17) is 4.42 Å². The third kappa shape index (κ3) is 3.64. The molecule has 1 aliphatic heterocycles. The summed E-state index contributed by atoms with van der Waals surface area (Å²) in [7, 11) is 0. The normalized spacial score (nSPS) is 14.8. The number of hydrogen-bond acceptors (Lipinski definition) is 7. The number of nitrogens with zero attached hydrogens (tertiary/aromatic N) is 5. The first-order valence-electron chi connectivity index (χ1n) is 9.13. The van der Waals surface area contributed by atoms with Crippen LogP contribution in [0.15, 0.2) is 52.1 Å². The maximum atomic E-state index is 12.7. The van der Waals surface area contributed by atoms with E-state index in [-0.39, 0.29) is 5.56 Å². The van der Waals surface area contributed by atoms with Crippen LogP contribution >= 0.6 is 0 Å². The molecule has 1 unspecified atom stereocenters. The highest BCUT2D eigenvalue weighted by Crippen LogP contribution is 2.20. The summed E-state index contributed by atoms with van der Waals surface area (Å²) in [6.07, 6.45) is 5.21. The minimum atomic E-state index is -0.826. The van der Waals surface area contributed by atoms with Crippen molar-refractivity contribution in [3.05, 3.63) is 53.3 Å². The first kappa shape index (κ1) is 17.9. The average Bonchev–Trinajstić information content (AvgIpc) is 3.42. The van der Waals surface area contributed by atoms with E-state index < -0.39 is 11.9 Å². The van der Waals surface area contributed by atoms with E-state index in [0.29, 0.717) is 17.3 Å². The van der Waals surface area contributed by atoms with E-state index in [1.165, 1.54) is 18.7 Å². The van der Waals surface area contributed by atoms with Crippen LogP contribution in [0.4, 0.5) is 11.6 Å². The van der Waals surface area contributed by atoms with Gasteiger partial charge in [-0.25, -0.2) is 14.6 Å². The number of nitrogens with one attached hydrogen (secondary N) is 1. The standard InChI is InChI=1S/C19H20N6O3/c1-13(25-18(26)7-6-14(23-25)15-5-4-10-28-15)19(27)22-16-11-17(21-12-20-16)24-8-2-3-9-24/h4-7,10-13H,2-3,8-9H2,1H3,(H,20,21,22,27). The topological polar surface area (TPSA) is 106 Å². The summed E-state index contributed by atoms with van der Waals surface area (Å²) in [5.74, 6) is 1.30. The van der Waals surface area contributed by atoms with Crippen molar-refractivity contribution in [3.8, 4) is 11.5 Å². The molecule has 28 heavy (non-hydrogen) atoms. The molecule has 0 saturated carbocycles. The Morgan fingerprint density at radius 3 is 2.79 bits per heavy atom. The highest BCUT2D eigenvalue weighted by Gasteiger charge is 2.20. The van der Waals surface area contributed by atoms with E-state index in [1.54, 1.807) is 31.2 Å². The van der Waals surface area contributed by atoms with Gasteiger partial charge in [-0.2, -0.15) is 5.10 Å². The molecule has 1 N–H and O–H groups in total. The molecule has 4 heterocycles. The highest BCUT2D eigenvalue weighted by atomic mass is 16.3. The maximum absolute atomic E-state index is 12.7. The van der Waals surface area contributed by atoms with Gasteiger partial charge >= 0.3 is 0 Å². The molecule has 3 aromatic rings. The van der Waals surface area contributed by atoms with Gasteiger partial charge in [0.25, 0.3) is 5.56 Å². The molecule has 1 saturated heterocycles. The fourth-order valence-electron chi connectivity index (χ4n) is 3.13. The number of aromatic nitrogens is 4. The lowest BCUT2D eigenvalue weighted by Crippen LogP contribution is -2.33. The smallest absolute Gasteiger partial charge is 0.267 e. The molecule has 9 nitrogen and oxygen atoms in total. The second-order valence-electron chi connectivity index (χ2n) is 6.60. The van der Waals surface area contributed by atoms with Gasteiger partial charge in [0.2, 0.25) is 5.91 Å². The monoisotopic (exact) mass is 380 g/mol. The number of rotatable bonds is 5. The summed E-state index contributed by atoms with van der Waals surface area (Å²) in [6.45, 7) is 3.50. The van der Waals surface area contributed by atoms with Crippen molar-refractivity contribution in [1.29, 1.82) is 0 Å². The van der Waals surface area contributed by atoms with E-state index in [9.17, 15) is 9.59 Å². The quantitative estimate of drug-likeness (QED) is 0.722. The van der Waals surface area contributed by atoms with Crippen LogP contribution in [-0.2, 0) is 4.79 Å². The van der Waals surface area contributed by atoms with Crippen LogP contribution in [0, 0.1) is 0 Å². The zero-order chi connectivity index (χ0) is 19.5. The predicted octanol–water partition coefficient (Wildman–Crippen LogP) is 2.09. The molecule has 144 valence electrons. The van der Waals surface area contributed by atoms with Gasteiger partial charge in [0.15, 0.2) is 5.76 Å². The Bertz CT molecular complexity index is 1020. The van der Waals surface area contributed by atoms with E-state index in [0.717, 1.165) is 36.4 Å². The second-order valence-corrected chi connectivity index (χ2v) is 6.60. The Morgan fingerprint density at radius 1 is 1.21 bits per heavy atom. The van der Waals surface area contributed by atoms with Crippen molar-refractivity contribution in [2.45, 2.75) is 25.8 Å². The van der Waals surface area contributed by atoms with Crippen molar-refractivity contribution in [1.82, 2.24) is 19.7 Å². The van der Waals surface area contributed by atoms with Gasteiger partial charge in [-0.3, -0.25) is 9.59 Å². The summed E-state index contributed by atoms with van der Waals surface area (Å²) in [6, 6.07) is 7.32. The van der Waals surface area contributed by atoms with Crippen molar-refractivity contribution >= 4 is 17.5 Å². The van der Waals surface area contributed by atoms with Crippen LogP contribution in [-0.4, -0.2) is 38.7 Å². The molecule has 1 fully saturated rings. The molecule has 4 rings (SSSR count). The lowest BCUT2D eigenvalue weighted by Gasteiger charge is -2.17. The molecule has 1 aliphatic rings. The lowest BCUT2D eigenvalue weighted by atomic mass is 10.3. The zero-order valence-corrected chi connectivity index (χ0v) is 15.4. The Labute approximate surface area is 161 Å². The molecule has 0 aliphatic carbocycles. The number of carbonyl (C=O) groups excluding carboxylic acids is 1. The largest absolute Gasteiger partial charge is 0.463 e. The Morgan fingerprint density at radius 2 is 2.04 bits per heavy atom. The lowest BCUT2D eigenvalue weighted by molar-refractivity contribution is -0.119. The van der Waals surface area contributed by atoms with Crippen molar-refractivity contribution in [2.75, 3.05) is 23.3 Å². The van der Waals surface area contributed by atoms with E-state index >= 15 is 0 Å². The third-order valence-corrected chi connectivity index (χ3v) is 4.68. The molecule has 0 aromatic carbocycles. The van der Waals surface area contributed by atoms with Crippen molar-refractivity contribution in [3.63, 3.8) is 0 Å². The van der Waals surface area contributed by atoms with Crippen LogP contribution in [0.2, 0.25) is 0 Å². The molecule has 1 atom stereocenters. The minimum absolute atomic E-state index is 0.376. The number of hydrogen-bond donors (Lipinski definition) is 1. The molecule has 1 amide bonds. The number of carbonyl (C=O) groups is 1. The summed E-state index contributed by atoms with van der Waals surface area (Å²) in [4.78, 5) is 35.5. The molecule has 9 heteroatoms. The summed E-state index contributed by atoms with van der Waals surface area (Å²) in [5.41, 5.74) is 0.0982. The van der Waals surface area contributed by atoms with Gasteiger partial charge in [0.05, 0.1) is 6.26 Å². The van der Waals surface area contributed by atoms with Gasteiger partial charge in [-0.1, -0.05) is 0 Å². The first-order valence-corrected chi connectivity index (χ1v) is 9.13. The molecule has 3 aromatic heterocycles. The van der Waals surface area contributed by atoms with Crippen LogP contribution in [0.5, 0.6) is 0 Å². The van der Waals surface area contributed by atoms with Crippen LogP contribution in [0.1, 0.15) is 25.8 Å².